The Balaban J connectivity index is 0.00000192. The zero-order valence-corrected chi connectivity index (χ0v) is 14.6. The van der Waals surface area contributed by atoms with Crippen LogP contribution in [-0.4, -0.2) is 52.7 Å². The summed E-state index contributed by atoms with van der Waals surface area (Å²) in [6.07, 6.45) is 9.91. The standard InChI is InChI=1S/C16H26N4O2.ClH/c1-19-9-8-18-16(19)14-11-17-7-10-20(14)15(21)12-22-13-5-3-2-4-6-13;/h8-9,13-14,17H,2-7,10-12H2,1H3;1H. The van der Waals surface area contributed by atoms with Crippen LogP contribution in [0, 0.1) is 0 Å². The molecule has 1 amide bonds. The number of hydrogen-bond acceptors (Lipinski definition) is 4. The van der Waals surface area contributed by atoms with E-state index in [1.54, 1.807) is 6.20 Å². The van der Waals surface area contributed by atoms with Crippen molar-refractivity contribution in [3.63, 3.8) is 0 Å². The molecule has 0 radical (unpaired) electrons. The highest BCUT2D eigenvalue weighted by Gasteiger charge is 2.30. The van der Waals surface area contributed by atoms with Gasteiger partial charge in [-0.05, 0) is 12.8 Å². The van der Waals surface area contributed by atoms with Crippen molar-refractivity contribution in [1.82, 2.24) is 19.8 Å². The minimum absolute atomic E-state index is 0. The molecule has 0 spiro atoms. The molecule has 23 heavy (non-hydrogen) atoms. The van der Waals surface area contributed by atoms with Crippen molar-refractivity contribution in [2.24, 2.45) is 7.05 Å². The fourth-order valence-electron chi connectivity index (χ4n) is 3.44. The minimum Gasteiger partial charge on any atom is -0.368 e. The average Bonchev–Trinajstić information content (AvgIpc) is 2.99. The molecule has 7 heteroatoms. The van der Waals surface area contributed by atoms with Crippen LogP contribution in [0.2, 0.25) is 0 Å². The quantitative estimate of drug-likeness (QED) is 0.904. The molecule has 1 aromatic rings. The van der Waals surface area contributed by atoms with Crippen LogP contribution < -0.4 is 5.32 Å². The van der Waals surface area contributed by atoms with E-state index in [9.17, 15) is 4.79 Å². The van der Waals surface area contributed by atoms with Gasteiger partial charge in [-0.15, -0.1) is 12.4 Å². The van der Waals surface area contributed by atoms with Gasteiger partial charge in [-0.1, -0.05) is 19.3 Å². The summed E-state index contributed by atoms with van der Waals surface area (Å²) in [4.78, 5) is 18.9. The van der Waals surface area contributed by atoms with E-state index < -0.39 is 0 Å². The highest BCUT2D eigenvalue weighted by atomic mass is 35.5. The van der Waals surface area contributed by atoms with Gasteiger partial charge in [0.05, 0.1) is 6.10 Å². The fraction of sp³-hybridized carbons (Fsp3) is 0.750. The molecule has 0 bridgehead atoms. The molecule has 0 aromatic carbocycles. The minimum atomic E-state index is -0.00351. The van der Waals surface area contributed by atoms with E-state index in [0.717, 1.165) is 31.8 Å². The van der Waals surface area contributed by atoms with E-state index in [4.69, 9.17) is 4.74 Å². The van der Waals surface area contributed by atoms with Crippen molar-refractivity contribution >= 4 is 18.3 Å². The molecule has 2 heterocycles. The van der Waals surface area contributed by atoms with Crippen LogP contribution in [0.4, 0.5) is 0 Å². The Kier molecular flexibility index (Phi) is 6.87. The highest BCUT2D eigenvalue weighted by molar-refractivity contribution is 5.85. The second-order valence-electron chi connectivity index (χ2n) is 6.27. The van der Waals surface area contributed by atoms with E-state index in [0.29, 0.717) is 6.54 Å². The molecule has 1 aliphatic carbocycles. The van der Waals surface area contributed by atoms with Gasteiger partial charge >= 0.3 is 0 Å². The number of carbonyl (C=O) groups is 1. The Bertz CT molecular complexity index is 502. The molecule has 1 saturated carbocycles. The number of aromatic nitrogens is 2. The Morgan fingerprint density at radius 3 is 2.87 bits per heavy atom. The number of hydrogen-bond donors (Lipinski definition) is 1. The van der Waals surface area contributed by atoms with Crippen LogP contribution in [0.15, 0.2) is 12.4 Å². The number of aryl methyl sites for hydroxylation is 1. The van der Waals surface area contributed by atoms with Crippen molar-refractivity contribution in [2.45, 2.75) is 44.2 Å². The first-order valence-corrected chi connectivity index (χ1v) is 8.34. The van der Waals surface area contributed by atoms with E-state index >= 15 is 0 Å². The molecule has 1 N–H and O–H groups in total. The number of nitrogens with zero attached hydrogens (tertiary/aromatic N) is 3. The van der Waals surface area contributed by atoms with Crippen molar-refractivity contribution in [2.75, 3.05) is 26.2 Å². The molecule has 1 saturated heterocycles. The lowest BCUT2D eigenvalue weighted by Crippen LogP contribution is -2.50. The zero-order chi connectivity index (χ0) is 15.4. The van der Waals surface area contributed by atoms with Gasteiger partial charge < -0.3 is 19.5 Å². The lowest BCUT2D eigenvalue weighted by molar-refractivity contribution is -0.142. The lowest BCUT2D eigenvalue weighted by Gasteiger charge is -2.36. The maximum absolute atomic E-state index is 12.6. The summed E-state index contributed by atoms with van der Waals surface area (Å²) in [6, 6.07) is -0.00351. The first-order valence-electron chi connectivity index (χ1n) is 8.34. The van der Waals surface area contributed by atoms with Gasteiger partial charge in [0, 0.05) is 39.1 Å². The summed E-state index contributed by atoms with van der Waals surface area (Å²) in [7, 11) is 1.97. The van der Waals surface area contributed by atoms with Crippen LogP contribution in [0.5, 0.6) is 0 Å². The average molecular weight is 343 g/mol. The van der Waals surface area contributed by atoms with Crippen LogP contribution in [0.3, 0.4) is 0 Å². The van der Waals surface area contributed by atoms with Crippen molar-refractivity contribution in [3.8, 4) is 0 Å². The van der Waals surface area contributed by atoms with Crippen LogP contribution >= 0.6 is 12.4 Å². The maximum Gasteiger partial charge on any atom is 0.249 e. The molecular weight excluding hydrogens is 316 g/mol. The van der Waals surface area contributed by atoms with E-state index in [-0.39, 0.29) is 37.1 Å². The molecule has 130 valence electrons. The van der Waals surface area contributed by atoms with E-state index in [2.05, 4.69) is 10.3 Å². The second kappa shape index (κ2) is 8.66. The number of rotatable bonds is 4. The van der Waals surface area contributed by atoms with Crippen LogP contribution in [0.1, 0.15) is 44.0 Å². The Hall–Kier alpha value is -1.11. The molecule has 1 aromatic heterocycles. The van der Waals surface area contributed by atoms with Gasteiger partial charge in [0.2, 0.25) is 5.91 Å². The van der Waals surface area contributed by atoms with Gasteiger partial charge in [-0.2, -0.15) is 0 Å². The van der Waals surface area contributed by atoms with Crippen LogP contribution in [0.25, 0.3) is 0 Å². The summed E-state index contributed by atoms with van der Waals surface area (Å²) in [5, 5.41) is 3.35. The topological polar surface area (TPSA) is 59.4 Å². The molecule has 1 aliphatic heterocycles. The van der Waals surface area contributed by atoms with Crippen LogP contribution in [-0.2, 0) is 16.6 Å². The number of piperazine rings is 1. The highest BCUT2D eigenvalue weighted by Crippen LogP contribution is 2.23. The SMILES string of the molecule is Cl.Cn1ccnc1C1CNCCN1C(=O)COC1CCCCC1. The predicted octanol–water partition coefficient (Wildman–Crippen LogP) is 1.66. The number of amides is 1. The fourth-order valence-corrected chi connectivity index (χ4v) is 3.44. The first kappa shape index (κ1) is 18.2. The van der Waals surface area contributed by atoms with Gasteiger partial charge in [0.15, 0.2) is 0 Å². The molecular formula is C16H27ClN4O2. The molecule has 2 fully saturated rings. The number of nitrogens with one attached hydrogen (secondary N) is 1. The first-order chi connectivity index (χ1) is 10.8. The summed E-state index contributed by atoms with van der Waals surface area (Å²) >= 11 is 0. The smallest absolute Gasteiger partial charge is 0.249 e. The Morgan fingerprint density at radius 1 is 1.39 bits per heavy atom. The summed E-state index contributed by atoms with van der Waals surface area (Å²) in [6.45, 7) is 2.49. The van der Waals surface area contributed by atoms with Gasteiger partial charge in [0.1, 0.15) is 18.5 Å². The predicted molar refractivity (Wildman–Crippen MR) is 90.6 cm³/mol. The van der Waals surface area contributed by atoms with E-state index in [1.165, 1.54) is 19.3 Å². The molecule has 2 aliphatic rings. The Morgan fingerprint density at radius 2 is 2.17 bits per heavy atom. The third-order valence-corrected chi connectivity index (χ3v) is 4.71. The molecule has 1 unspecified atom stereocenters. The monoisotopic (exact) mass is 342 g/mol. The second-order valence-corrected chi connectivity index (χ2v) is 6.27. The number of imidazole rings is 1. The normalized spacial score (nSPS) is 22.7. The Labute approximate surface area is 144 Å². The summed E-state index contributed by atoms with van der Waals surface area (Å²) in [5.74, 6) is 1.01. The molecule has 6 nitrogen and oxygen atoms in total. The third kappa shape index (κ3) is 4.46. The van der Waals surface area contributed by atoms with E-state index in [1.807, 2.05) is 22.7 Å². The van der Waals surface area contributed by atoms with Crippen molar-refractivity contribution in [1.29, 1.82) is 0 Å². The van der Waals surface area contributed by atoms with Gasteiger partial charge in [-0.3, -0.25) is 4.79 Å². The van der Waals surface area contributed by atoms with Gasteiger partial charge in [0.25, 0.3) is 0 Å². The maximum atomic E-state index is 12.6. The largest absolute Gasteiger partial charge is 0.368 e. The van der Waals surface area contributed by atoms with Crippen molar-refractivity contribution in [3.05, 3.63) is 18.2 Å². The molecule has 3 rings (SSSR count). The van der Waals surface area contributed by atoms with Gasteiger partial charge in [-0.25, -0.2) is 4.98 Å². The van der Waals surface area contributed by atoms with Crippen molar-refractivity contribution < 1.29 is 9.53 Å². The lowest BCUT2D eigenvalue weighted by atomic mass is 9.98. The zero-order valence-electron chi connectivity index (χ0n) is 13.7. The molecule has 1 atom stereocenters. The number of carbonyl (C=O) groups excluding carboxylic acids is 1. The summed E-state index contributed by atoms with van der Waals surface area (Å²) in [5.41, 5.74) is 0. The number of ether oxygens (including phenoxy) is 1. The number of halogens is 1. The summed E-state index contributed by atoms with van der Waals surface area (Å²) < 4.78 is 7.84. The third-order valence-electron chi connectivity index (χ3n) is 4.71.